The van der Waals surface area contributed by atoms with Crippen molar-refractivity contribution in [3.8, 4) is 11.5 Å². The van der Waals surface area contributed by atoms with Crippen LogP contribution < -0.4 is 9.47 Å². The Morgan fingerprint density at radius 2 is 1.95 bits per heavy atom. The number of carbonyl (C=O) groups excluding carboxylic acids is 2. The van der Waals surface area contributed by atoms with E-state index < -0.39 is 5.54 Å². The van der Waals surface area contributed by atoms with Crippen LogP contribution >= 0.6 is 0 Å². The van der Waals surface area contributed by atoms with Gasteiger partial charge in [-0.1, -0.05) is 13.0 Å². The molecule has 0 spiro atoms. The minimum absolute atomic E-state index is 0.00124. The lowest BCUT2D eigenvalue weighted by atomic mass is 9.88. The van der Waals surface area contributed by atoms with Gasteiger partial charge in [-0.3, -0.25) is 9.69 Å². The maximum Gasteiger partial charge on any atom is 0.325 e. The second-order valence-corrected chi connectivity index (χ2v) is 10.1. The predicted molar refractivity (Wildman–Crippen MR) is 140 cm³/mol. The number of benzene rings is 2. The first-order valence-electron chi connectivity index (χ1n) is 12.6. The van der Waals surface area contributed by atoms with Gasteiger partial charge < -0.3 is 19.3 Å². The molecule has 198 valence electrons. The molecule has 1 fully saturated rings. The maximum absolute atomic E-state index is 13.7. The highest BCUT2D eigenvalue weighted by atomic mass is 19.1. The van der Waals surface area contributed by atoms with Crippen LogP contribution in [0.1, 0.15) is 60.2 Å². The molecule has 2 atom stereocenters. The number of allylic oxidation sites excluding steroid dienone is 1. The highest BCUT2D eigenvalue weighted by Gasteiger charge is 2.51. The average molecular weight is 510 g/mol. The lowest BCUT2D eigenvalue weighted by molar-refractivity contribution is 0.0772. The Labute approximate surface area is 218 Å². The number of methoxy groups -OCH3 is 2. The van der Waals surface area contributed by atoms with Gasteiger partial charge in [0.15, 0.2) is 0 Å². The lowest BCUT2D eigenvalue weighted by Crippen LogP contribution is -2.46. The molecule has 2 aliphatic rings. The number of hydrogen-bond donors (Lipinski definition) is 0. The SMILES string of the molecule is CCN1C(=O)N2Cc3cc(OC)cc(OC)c3[C@@H](C)C=C2C1(C)CCN(C)C(=O)c1ccc(F)c(C)c1. The van der Waals surface area contributed by atoms with Gasteiger partial charge >= 0.3 is 6.03 Å². The normalized spacial score (nSPS) is 20.7. The number of urea groups is 1. The standard InChI is InChI=1S/C29H36FN3O4/c1-8-33-28(35)32-17-21-15-22(36-6)16-24(37-7)26(21)19(3)14-25(32)29(33,4)11-12-31(5)27(34)20-9-10-23(30)18(2)13-20/h9-10,13-16,19H,8,11-12,17H2,1-7H3/t19-,29?/m0/s1. The maximum atomic E-state index is 13.7. The third-order valence-electron chi connectivity index (χ3n) is 7.75. The molecule has 0 N–H and O–H groups in total. The minimum Gasteiger partial charge on any atom is -0.497 e. The zero-order valence-corrected chi connectivity index (χ0v) is 22.7. The van der Waals surface area contributed by atoms with Crippen molar-refractivity contribution < 1.29 is 23.5 Å². The van der Waals surface area contributed by atoms with Crippen LogP contribution in [0.4, 0.5) is 9.18 Å². The molecule has 1 saturated heterocycles. The van der Waals surface area contributed by atoms with Crippen molar-refractivity contribution in [3.05, 3.63) is 70.2 Å². The van der Waals surface area contributed by atoms with Crippen LogP contribution in [0.25, 0.3) is 0 Å². The summed E-state index contributed by atoms with van der Waals surface area (Å²) in [7, 11) is 5.00. The van der Waals surface area contributed by atoms with Crippen molar-refractivity contribution in [1.29, 1.82) is 0 Å². The van der Waals surface area contributed by atoms with Crippen molar-refractivity contribution in [2.45, 2.75) is 52.1 Å². The first-order valence-corrected chi connectivity index (χ1v) is 12.6. The van der Waals surface area contributed by atoms with Crippen LogP contribution in [0.2, 0.25) is 0 Å². The summed E-state index contributed by atoms with van der Waals surface area (Å²) in [5, 5.41) is 0. The Balaban J connectivity index is 1.65. The number of fused-ring (bicyclic) bond motifs is 2. The van der Waals surface area contributed by atoms with Gasteiger partial charge in [0.1, 0.15) is 17.3 Å². The van der Waals surface area contributed by atoms with Crippen molar-refractivity contribution in [3.63, 3.8) is 0 Å². The summed E-state index contributed by atoms with van der Waals surface area (Å²) in [5.74, 6) is 0.912. The summed E-state index contributed by atoms with van der Waals surface area (Å²) < 4.78 is 24.9. The van der Waals surface area contributed by atoms with E-state index >= 15 is 0 Å². The molecule has 4 rings (SSSR count). The van der Waals surface area contributed by atoms with E-state index in [-0.39, 0.29) is 23.7 Å². The van der Waals surface area contributed by atoms with E-state index in [0.717, 1.165) is 22.6 Å². The van der Waals surface area contributed by atoms with Crippen molar-refractivity contribution in [2.24, 2.45) is 0 Å². The Morgan fingerprint density at radius 1 is 1.22 bits per heavy atom. The number of halogens is 1. The number of nitrogens with zero attached hydrogens (tertiary/aromatic N) is 3. The average Bonchev–Trinajstić information content (AvgIpc) is 2.98. The number of aryl methyl sites for hydroxylation is 1. The second-order valence-electron chi connectivity index (χ2n) is 10.1. The number of ether oxygens (including phenoxy) is 2. The Morgan fingerprint density at radius 3 is 2.57 bits per heavy atom. The molecule has 1 unspecified atom stereocenters. The third-order valence-corrected chi connectivity index (χ3v) is 7.75. The van der Waals surface area contributed by atoms with E-state index in [0.29, 0.717) is 42.9 Å². The molecule has 0 saturated carbocycles. The van der Waals surface area contributed by atoms with Gasteiger partial charge in [0, 0.05) is 48.9 Å². The van der Waals surface area contributed by atoms with Crippen molar-refractivity contribution in [2.75, 3.05) is 34.4 Å². The largest absolute Gasteiger partial charge is 0.497 e. The highest BCUT2D eigenvalue weighted by Crippen LogP contribution is 2.46. The highest BCUT2D eigenvalue weighted by molar-refractivity contribution is 5.94. The molecule has 7 nitrogen and oxygen atoms in total. The predicted octanol–water partition coefficient (Wildman–Crippen LogP) is 5.33. The number of hydrogen-bond acceptors (Lipinski definition) is 4. The molecule has 8 heteroatoms. The molecule has 2 aromatic carbocycles. The molecule has 3 amide bonds. The summed E-state index contributed by atoms with van der Waals surface area (Å²) >= 11 is 0. The Bertz CT molecular complexity index is 1260. The van der Waals surface area contributed by atoms with Crippen LogP contribution in [0.3, 0.4) is 0 Å². The fraction of sp³-hybridized carbons (Fsp3) is 0.448. The molecule has 2 aromatic rings. The molecule has 0 aliphatic carbocycles. The van der Waals surface area contributed by atoms with Crippen LogP contribution in [0.5, 0.6) is 11.5 Å². The Hall–Kier alpha value is -3.55. The number of likely N-dealkylation sites (N-methyl/N-ethyl adjacent to an activating group) is 1. The van der Waals surface area contributed by atoms with Gasteiger partial charge in [-0.25, -0.2) is 9.18 Å². The molecular formula is C29H36FN3O4. The summed E-state index contributed by atoms with van der Waals surface area (Å²) in [6.45, 7) is 9.18. The van der Waals surface area contributed by atoms with Crippen LogP contribution in [-0.2, 0) is 6.54 Å². The fourth-order valence-electron chi connectivity index (χ4n) is 5.62. The van der Waals surface area contributed by atoms with Gasteiger partial charge in [0.05, 0.1) is 26.3 Å². The molecule has 2 aliphatic heterocycles. The lowest BCUT2D eigenvalue weighted by Gasteiger charge is -2.35. The van der Waals surface area contributed by atoms with Gasteiger partial charge in [0.2, 0.25) is 0 Å². The monoisotopic (exact) mass is 509 g/mol. The molecule has 0 aromatic heterocycles. The fourth-order valence-corrected chi connectivity index (χ4v) is 5.62. The van der Waals surface area contributed by atoms with E-state index in [4.69, 9.17) is 9.47 Å². The minimum atomic E-state index is -0.604. The number of rotatable bonds is 7. The first kappa shape index (κ1) is 26.5. The van der Waals surface area contributed by atoms with Gasteiger partial charge in [-0.15, -0.1) is 0 Å². The van der Waals surface area contributed by atoms with Gasteiger partial charge in [-0.2, -0.15) is 0 Å². The molecule has 0 bridgehead atoms. The summed E-state index contributed by atoms with van der Waals surface area (Å²) in [6, 6.07) is 8.20. The van der Waals surface area contributed by atoms with E-state index in [1.807, 2.05) is 28.9 Å². The molecule has 37 heavy (non-hydrogen) atoms. The summed E-state index contributed by atoms with van der Waals surface area (Å²) in [6.07, 6.45) is 2.71. The van der Waals surface area contributed by atoms with Crippen LogP contribution in [-0.4, -0.2) is 66.5 Å². The first-order chi connectivity index (χ1) is 17.5. The topological polar surface area (TPSA) is 62.3 Å². The van der Waals surface area contributed by atoms with Gasteiger partial charge in [-0.05, 0) is 62.6 Å². The van der Waals surface area contributed by atoms with Crippen molar-refractivity contribution in [1.82, 2.24) is 14.7 Å². The molecule has 0 radical (unpaired) electrons. The van der Waals surface area contributed by atoms with Crippen LogP contribution in [0, 0.1) is 12.7 Å². The number of carbonyl (C=O) groups is 2. The zero-order chi connectivity index (χ0) is 27.1. The summed E-state index contributed by atoms with van der Waals surface area (Å²) in [5.41, 5.74) is 3.24. The zero-order valence-electron chi connectivity index (χ0n) is 22.7. The van der Waals surface area contributed by atoms with E-state index in [9.17, 15) is 14.0 Å². The van der Waals surface area contributed by atoms with Crippen molar-refractivity contribution >= 4 is 11.9 Å². The van der Waals surface area contributed by atoms with E-state index in [1.165, 1.54) is 12.1 Å². The number of amides is 3. The van der Waals surface area contributed by atoms with Crippen LogP contribution in [0.15, 0.2) is 42.1 Å². The molecule has 2 heterocycles. The quantitative estimate of drug-likeness (QED) is 0.506. The van der Waals surface area contributed by atoms with Gasteiger partial charge in [0.25, 0.3) is 5.91 Å². The van der Waals surface area contributed by atoms with E-state index in [1.54, 1.807) is 39.2 Å². The van der Waals surface area contributed by atoms with E-state index in [2.05, 4.69) is 19.9 Å². The Kier molecular flexibility index (Phi) is 7.22. The summed E-state index contributed by atoms with van der Waals surface area (Å²) in [4.78, 5) is 32.1. The second kappa shape index (κ2) is 10.1. The molecular weight excluding hydrogens is 473 g/mol. The smallest absolute Gasteiger partial charge is 0.325 e. The third kappa shape index (κ3) is 4.54.